The van der Waals surface area contributed by atoms with Gasteiger partial charge in [-0.25, -0.2) is 4.39 Å². The summed E-state index contributed by atoms with van der Waals surface area (Å²) in [6.45, 7) is 2.24. The van der Waals surface area contributed by atoms with E-state index in [2.05, 4.69) is 5.32 Å². The zero-order chi connectivity index (χ0) is 18.7. The highest BCUT2D eigenvalue weighted by molar-refractivity contribution is 6.00. The van der Waals surface area contributed by atoms with Gasteiger partial charge in [0.15, 0.2) is 0 Å². The first-order chi connectivity index (χ1) is 12.5. The molecule has 0 aliphatic carbocycles. The number of ether oxygens (including phenoxy) is 1. The molecule has 136 valence electrons. The molecule has 1 atom stereocenters. The summed E-state index contributed by atoms with van der Waals surface area (Å²) in [7, 11) is 1.58. The molecule has 0 radical (unpaired) electrons. The van der Waals surface area contributed by atoms with Crippen molar-refractivity contribution in [2.45, 2.75) is 19.9 Å². The summed E-state index contributed by atoms with van der Waals surface area (Å²) in [5, 5.41) is 2.86. The SMILES string of the molecule is COc1ccccc1CNC(=O)[C@@H]1CC(=O)N(c2ccc(C)c(F)c2)C1. The summed E-state index contributed by atoms with van der Waals surface area (Å²) < 4.78 is 19.0. The fourth-order valence-corrected chi connectivity index (χ4v) is 3.06. The minimum atomic E-state index is -0.457. The molecule has 26 heavy (non-hydrogen) atoms. The number of para-hydroxylation sites is 1. The van der Waals surface area contributed by atoms with E-state index in [-0.39, 0.29) is 30.6 Å². The summed E-state index contributed by atoms with van der Waals surface area (Å²) >= 11 is 0. The molecule has 0 bridgehead atoms. The van der Waals surface area contributed by atoms with E-state index in [4.69, 9.17) is 4.74 Å². The lowest BCUT2D eigenvalue weighted by Crippen LogP contribution is -2.32. The Morgan fingerprint density at radius 1 is 1.31 bits per heavy atom. The lowest BCUT2D eigenvalue weighted by atomic mass is 10.1. The Morgan fingerprint density at radius 2 is 2.08 bits per heavy atom. The molecule has 1 aliphatic heterocycles. The minimum Gasteiger partial charge on any atom is -0.496 e. The van der Waals surface area contributed by atoms with Crippen molar-refractivity contribution >= 4 is 17.5 Å². The second-order valence-corrected chi connectivity index (χ2v) is 6.37. The van der Waals surface area contributed by atoms with Crippen LogP contribution < -0.4 is 15.0 Å². The number of anilines is 1. The van der Waals surface area contributed by atoms with Crippen LogP contribution in [0, 0.1) is 18.7 Å². The van der Waals surface area contributed by atoms with E-state index in [1.165, 1.54) is 11.0 Å². The number of nitrogens with one attached hydrogen (secondary N) is 1. The first-order valence-corrected chi connectivity index (χ1v) is 8.45. The second-order valence-electron chi connectivity index (χ2n) is 6.37. The molecule has 6 heteroatoms. The standard InChI is InChI=1S/C20H21FN2O3/c1-13-7-8-16(10-17(13)21)23-12-15(9-19(23)24)20(25)22-11-14-5-3-4-6-18(14)26-2/h3-8,10,15H,9,11-12H2,1-2H3,(H,22,25)/t15-/m1/s1. The van der Waals surface area contributed by atoms with Crippen molar-refractivity contribution in [2.24, 2.45) is 5.92 Å². The van der Waals surface area contributed by atoms with Crippen LogP contribution in [0.1, 0.15) is 17.5 Å². The van der Waals surface area contributed by atoms with E-state index in [9.17, 15) is 14.0 Å². The summed E-state index contributed by atoms with van der Waals surface area (Å²) in [6.07, 6.45) is 0.118. The number of halogens is 1. The number of nitrogens with zero attached hydrogens (tertiary/aromatic N) is 1. The van der Waals surface area contributed by atoms with E-state index in [1.54, 1.807) is 26.2 Å². The maximum atomic E-state index is 13.8. The van der Waals surface area contributed by atoms with Crippen molar-refractivity contribution in [1.82, 2.24) is 5.32 Å². The fourth-order valence-electron chi connectivity index (χ4n) is 3.06. The highest BCUT2D eigenvalue weighted by atomic mass is 19.1. The van der Waals surface area contributed by atoms with Crippen LogP contribution >= 0.6 is 0 Å². The van der Waals surface area contributed by atoms with E-state index >= 15 is 0 Å². The number of hydrogen-bond donors (Lipinski definition) is 1. The Kier molecular flexibility index (Phi) is 5.21. The molecular formula is C20H21FN2O3. The largest absolute Gasteiger partial charge is 0.496 e. The first-order valence-electron chi connectivity index (χ1n) is 8.45. The average molecular weight is 356 g/mol. The predicted octanol–water partition coefficient (Wildman–Crippen LogP) is 2.81. The Hall–Kier alpha value is -2.89. The Morgan fingerprint density at radius 3 is 2.81 bits per heavy atom. The lowest BCUT2D eigenvalue weighted by Gasteiger charge is -2.17. The van der Waals surface area contributed by atoms with Crippen molar-refractivity contribution in [1.29, 1.82) is 0 Å². The molecule has 1 saturated heterocycles. The first kappa shape index (κ1) is 17.9. The highest BCUT2D eigenvalue weighted by Gasteiger charge is 2.35. The van der Waals surface area contributed by atoms with Gasteiger partial charge in [-0.2, -0.15) is 0 Å². The van der Waals surface area contributed by atoms with E-state index in [1.807, 2.05) is 24.3 Å². The molecule has 0 spiro atoms. The van der Waals surface area contributed by atoms with Gasteiger partial charge >= 0.3 is 0 Å². The molecule has 0 saturated carbocycles. The maximum Gasteiger partial charge on any atom is 0.227 e. The molecule has 2 aromatic rings. The monoisotopic (exact) mass is 356 g/mol. The van der Waals surface area contributed by atoms with Crippen LogP contribution in [0.4, 0.5) is 10.1 Å². The zero-order valence-corrected chi connectivity index (χ0v) is 14.8. The second kappa shape index (κ2) is 7.56. The molecule has 1 fully saturated rings. The molecule has 2 amide bonds. The van der Waals surface area contributed by atoms with Crippen LogP contribution in [-0.4, -0.2) is 25.5 Å². The highest BCUT2D eigenvalue weighted by Crippen LogP contribution is 2.27. The van der Waals surface area contributed by atoms with Gasteiger partial charge < -0.3 is 15.0 Å². The number of carbonyl (C=O) groups is 2. The van der Waals surface area contributed by atoms with Gasteiger partial charge in [0.05, 0.1) is 13.0 Å². The Balaban J connectivity index is 1.64. The van der Waals surface area contributed by atoms with Gasteiger partial charge in [0, 0.05) is 30.8 Å². The minimum absolute atomic E-state index is 0.118. The summed E-state index contributed by atoms with van der Waals surface area (Å²) in [5.74, 6) is -0.488. The van der Waals surface area contributed by atoms with Gasteiger partial charge in [-0.05, 0) is 30.7 Å². The van der Waals surface area contributed by atoms with Gasteiger partial charge in [-0.3, -0.25) is 9.59 Å². The van der Waals surface area contributed by atoms with Gasteiger partial charge in [0.2, 0.25) is 11.8 Å². The molecule has 0 aromatic heterocycles. The molecule has 2 aromatic carbocycles. The predicted molar refractivity (Wildman–Crippen MR) is 96.4 cm³/mol. The number of amides is 2. The van der Waals surface area contributed by atoms with Crippen LogP contribution in [-0.2, 0) is 16.1 Å². The van der Waals surface area contributed by atoms with Gasteiger partial charge in [0.25, 0.3) is 0 Å². The van der Waals surface area contributed by atoms with E-state index in [0.717, 1.165) is 5.56 Å². The Labute approximate surface area is 151 Å². The van der Waals surface area contributed by atoms with Crippen LogP contribution in [0.2, 0.25) is 0 Å². The van der Waals surface area contributed by atoms with E-state index < -0.39 is 5.92 Å². The van der Waals surface area contributed by atoms with Crippen LogP contribution in [0.15, 0.2) is 42.5 Å². The van der Waals surface area contributed by atoms with Crippen LogP contribution in [0.25, 0.3) is 0 Å². The topological polar surface area (TPSA) is 58.6 Å². The Bertz CT molecular complexity index is 838. The van der Waals surface area contributed by atoms with Crippen molar-refractivity contribution in [3.05, 3.63) is 59.4 Å². The van der Waals surface area contributed by atoms with Gasteiger partial charge in [0.1, 0.15) is 11.6 Å². The normalized spacial score (nSPS) is 16.7. The van der Waals surface area contributed by atoms with Crippen LogP contribution in [0.5, 0.6) is 5.75 Å². The molecule has 5 nitrogen and oxygen atoms in total. The number of benzene rings is 2. The van der Waals surface area contributed by atoms with Gasteiger partial charge in [-0.15, -0.1) is 0 Å². The number of methoxy groups -OCH3 is 1. The molecule has 1 N–H and O–H groups in total. The van der Waals surface area contributed by atoms with Crippen molar-refractivity contribution in [2.75, 3.05) is 18.6 Å². The smallest absolute Gasteiger partial charge is 0.227 e. The molecule has 0 unspecified atom stereocenters. The summed E-state index contributed by atoms with van der Waals surface area (Å²) in [5.41, 5.74) is 1.87. The summed E-state index contributed by atoms with van der Waals surface area (Å²) in [6, 6.07) is 12.1. The average Bonchev–Trinajstić information content (AvgIpc) is 3.04. The molecule has 1 aliphatic rings. The fraction of sp³-hybridized carbons (Fsp3) is 0.300. The third-order valence-corrected chi connectivity index (χ3v) is 4.61. The maximum absolute atomic E-state index is 13.8. The van der Waals surface area contributed by atoms with Crippen molar-refractivity contribution in [3.8, 4) is 5.75 Å². The van der Waals surface area contributed by atoms with Crippen LogP contribution in [0.3, 0.4) is 0 Å². The van der Waals surface area contributed by atoms with Gasteiger partial charge in [-0.1, -0.05) is 24.3 Å². The molecule has 1 heterocycles. The number of carbonyl (C=O) groups excluding carboxylic acids is 2. The van der Waals surface area contributed by atoms with Crippen molar-refractivity contribution < 1.29 is 18.7 Å². The number of hydrogen-bond acceptors (Lipinski definition) is 3. The molecule has 3 rings (SSSR count). The van der Waals surface area contributed by atoms with E-state index in [0.29, 0.717) is 23.5 Å². The number of aryl methyl sites for hydroxylation is 1. The zero-order valence-electron chi connectivity index (χ0n) is 14.8. The molecular weight excluding hydrogens is 335 g/mol. The lowest BCUT2D eigenvalue weighted by molar-refractivity contribution is -0.126. The number of rotatable bonds is 5. The quantitative estimate of drug-likeness (QED) is 0.896. The third kappa shape index (κ3) is 3.69. The third-order valence-electron chi connectivity index (χ3n) is 4.61. The summed E-state index contributed by atoms with van der Waals surface area (Å²) in [4.78, 5) is 26.2. The van der Waals surface area contributed by atoms with Crippen molar-refractivity contribution in [3.63, 3.8) is 0 Å².